The van der Waals surface area contributed by atoms with Crippen molar-refractivity contribution in [2.75, 3.05) is 7.11 Å². The molecule has 0 spiro atoms. The van der Waals surface area contributed by atoms with Crippen molar-refractivity contribution in [2.45, 2.75) is 25.3 Å². The Bertz CT molecular complexity index is 745. The average Bonchev–Trinajstić information content (AvgIpc) is 2.45. The van der Waals surface area contributed by atoms with Crippen molar-refractivity contribution in [1.29, 1.82) is 0 Å². The van der Waals surface area contributed by atoms with Crippen molar-refractivity contribution >= 4 is 10.0 Å². The highest BCUT2D eigenvalue weighted by atomic mass is 32.2. The molecule has 112 valence electrons. The number of benzene rings is 1. The number of hydrogen-bond donors (Lipinski definition) is 1. The van der Waals surface area contributed by atoms with E-state index in [1.54, 1.807) is 31.3 Å². The third kappa shape index (κ3) is 3.77. The fraction of sp³-hybridized carbons (Fsp3) is 0.286. The Morgan fingerprint density at radius 3 is 2.62 bits per heavy atom. The summed E-state index contributed by atoms with van der Waals surface area (Å²) in [5.74, 6) is 1.05. The molecule has 0 aliphatic carbocycles. The summed E-state index contributed by atoms with van der Waals surface area (Å²) in [4.78, 5) is 8.41. The Kier molecular flexibility index (Phi) is 4.54. The number of nitrogens with zero attached hydrogens (tertiary/aromatic N) is 2. The van der Waals surface area contributed by atoms with Crippen molar-refractivity contribution in [3.63, 3.8) is 0 Å². The lowest BCUT2D eigenvalue weighted by atomic mass is 10.2. The van der Waals surface area contributed by atoms with Crippen molar-refractivity contribution in [3.8, 4) is 5.75 Å². The largest absolute Gasteiger partial charge is 0.497 e. The monoisotopic (exact) mass is 307 g/mol. The van der Waals surface area contributed by atoms with E-state index >= 15 is 0 Å². The minimum Gasteiger partial charge on any atom is -0.497 e. The Balaban J connectivity index is 2.19. The van der Waals surface area contributed by atoms with Gasteiger partial charge in [0.25, 0.3) is 0 Å². The molecule has 0 bridgehead atoms. The van der Waals surface area contributed by atoms with Gasteiger partial charge in [-0.25, -0.2) is 23.1 Å². The van der Waals surface area contributed by atoms with Crippen LogP contribution in [0.1, 0.15) is 17.1 Å². The second kappa shape index (κ2) is 6.19. The molecule has 0 saturated carbocycles. The fourth-order valence-corrected chi connectivity index (χ4v) is 3.08. The standard InChI is InChI=1S/C14H17N3O3S/c1-10-8-12(20-3)4-5-13(10)21(18,19)16-9-14-15-7-6-11(2)17-14/h4-8,16H,9H2,1-3H3. The first-order valence-electron chi connectivity index (χ1n) is 6.35. The van der Waals surface area contributed by atoms with E-state index in [2.05, 4.69) is 14.7 Å². The van der Waals surface area contributed by atoms with E-state index in [-0.39, 0.29) is 11.4 Å². The maximum absolute atomic E-state index is 12.3. The van der Waals surface area contributed by atoms with Gasteiger partial charge in [-0.1, -0.05) is 0 Å². The number of aryl methyl sites for hydroxylation is 2. The van der Waals surface area contributed by atoms with Crippen LogP contribution in [0.2, 0.25) is 0 Å². The van der Waals surface area contributed by atoms with Gasteiger partial charge in [0, 0.05) is 11.9 Å². The Morgan fingerprint density at radius 2 is 2.00 bits per heavy atom. The zero-order valence-corrected chi connectivity index (χ0v) is 12.9. The van der Waals surface area contributed by atoms with Gasteiger partial charge >= 0.3 is 0 Å². The summed E-state index contributed by atoms with van der Waals surface area (Å²) in [6.07, 6.45) is 1.60. The maximum Gasteiger partial charge on any atom is 0.241 e. The predicted molar refractivity (Wildman–Crippen MR) is 78.5 cm³/mol. The van der Waals surface area contributed by atoms with Crippen LogP contribution in [0.3, 0.4) is 0 Å². The van der Waals surface area contributed by atoms with Gasteiger partial charge in [-0.05, 0) is 43.7 Å². The summed E-state index contributed by atoms with van der Waals surface area (Å²) >= 11 is 0. The number of hydrogen-bond acceptors (Lipinski definition) is 5. The van der Waals surface area contributed by atoms with E-state index in [1.807, 2.05) is 6.92 Å². The third-order valence-electron chi connectivity index (χ3n) is 2.94. The Labute approximate surface area is 124 Å². The van der Waals surface area contributed by atoms with Crippen LogP contribution in [-0.4, -0.2) is 25.5 Å². The van der Waals surface area contributed by atoms with Crippen LogP contribution in [-0.2, 0) is 16.6 Å². The smallest absolute Gasteiger partial charge is 0.241 e. The molecule has 0 aliphatic rings. The molecule has 2 rings (SSSR count). The van der Waals surface area contributed by atoms with E-state index in [1.165, 1.54) is 13.2 Å². The van der Waals surface area contributed by atoms with Crippen molar-refractivity contribution in [1.82, 2.24) is 14.7 Å². The lowest BCUT2D eigenvalue weighted by Crippen LogP contribution is -2.25. The molecule has 1 N–H and O–H groups in total. The number of methoxy groups -OCH3 is 1. The number of ether oxygens (including phenoxy) is 1. The van der Waals surface area contributed by atoms with Gasteiger partial charge in [-0.2, -0.15) is 0 Å². The van der Waals surface area contributed by atoms with Gasteiger partial charge in [-0.15, -0.1) is 0 Å². The quantitative estimate of drug-likeness (QED) is 0.907. The summed E-state index contributed by atoms with van der Waals surface area (Å²) in [6.45, 7) is 3.60. The maximum atomic E-state index is 12.3. The third-order valence-corrected chi connectivity index (χ3v) is 4.50. The predicted octanol–water partition coefficient (Wildman–Crippen LogP) is 1.58. The highest BCUT2D eigenvalue weighted by Gasteiger charge is 2.17. The zero-order valence-electron chi connectivity index (χ0n) is 12.1. The molecule has 0 fully saturated rings. The first-order valence-corrected chi connectivity index (χ1v) is 7.83. The molecule has 7 heteroatoms. The van der Waals surface area contributed by atoms with Crippen LogP contribution in [0.25, 0.3) is 0 Å². The second-order valence-corrected chi connectivity index (χ2v) is 6.31. The molecular weight excluding hydrogens is 290 g/mol. The van der Waals surface area contributed by atoms with Gasteiger partial charge in [-0.3, -0.25) is 0 Å². The van der Waals surface area contributed by atoms with Crippen LogP contribution in [0.4, 0.5) is 0 Å². The summed E-state index contributed by atoms with van der Waals surface area (Å²) < 4.78 is 32.2. The highest BCUT2D eigenvalue weighted by molar-refractivity contribution is 7.89. The summed E-state index contributed by atoms with van der Waals surface area (Å²) in [5.41, 5.74) is 1.41. The van der Waals surface area contributed by atoms with Crippen LogP contribution >= 0.6 is 0 Å². The van der Waals surface area contributed by atoms with Crippen molar-refractivity contribution in [3.05, 3.63) is 47.5 Å². The molecule has 21 heavy (non-hydrogen) atoms. The summed E-state index contributed by atoms with van der Waals surface area (Å²) in [7, 11) is -2.07. The molecule has 0 radical (unpaired) electrons. The SMILES string of the molecule is COc1ccc(S(=O)(=O)NCc2nccc(C)n2)c(C)c1. The van der Waals surface area contributed by atoms with Crippen LogP contribution in [0.15, 0.2) is 35.4 Å². The molecule has 1 heterocycles. The Morgan fingerprint density at radius 1 is 1.24 bits per heavy atom. The topological polar surface area (TPSA) is 81.2 Å². The Hall–Kier alpha value is -1.99. The molecule has 1 aromatic heterocycles. The van der Waals surface area contributed by atoms with Crippen molar-refractivity contribution in [2.24, 2.45) is 0 Å². The fourth-order valence-electron chi connectivity index (χ4n) is 1.87. The summed E-state index contributed by atoms with van der Waals surface area (Å²) in [6, 6.07) is 6.57. The minimum absolute atomic E-state index is 0.0511. The molecule has 6 nitrogen and oxygen atoms in total. The highest BCUT2D eigenvalue weighted by Crippen LogP contribution is 2.20. The van der Waals surface area contributed by atoms with E-state index in [4.69, 9.17) is 4.74 Å². The van der Waals surface area contributed by atoms with Gasteiger partial charge in [0.2, 0.25) is 10.0 Å². The van der Waals surface area contributed by atoms with Crippen molar-refractivity contribution < 1.29 is 13.2 Å². The first-order chi connectivity index (χ1) is 9.92. The van der Waals surface area contributed by atoms with E-state index in [0.29, 0.717) is 17.1 Å². The van der Waals surface area contributed by atoms with Gasteiger partial charge < -0.3 is 4.74 Å². The lowest BCUT2D eigenvalue weighted by Gasteiger charge is -2.10. The van der Waals surface area contributed by atoms with Crippen LogP contribution in [0, 0.1) is 13.8 Å². The minimum atomic E-state index is -3.61. The second-order valence-electron chi connectivity index (χ2n) is 4.57. The molecule has 0 atom stereocenters. The first kappa shape index (κ1) is 15.4. The number of rotatable bonds is 5. The van der Waals surface area contributed by atoms with Gasteiger partial charge in [0.15, 0.2) is 0 Å². The van der Waals surface area contributed by atoms with Gasteiger partial charge in [0.05, 0.1) is 18.6 Å². The normalized spacial score (nSPS) is 11.4. The average molecular weight is 307 g/mol. The van der Waals surface area contributed by atoms with E-state index < -0.39 is 10.0 Å². The zero-order chi connectivity index (χ0) is 15.5. The van der Waals surface area contributed by atoms with Crippen LogP contribution in [0.5, 0.6) is 5.75 Å². The van der Waals surface area contributed by atoms with Gasteiger partial charge in [0.1, 0.15) is 11.6 Å². The molecule has 0 unspecified atom stereocenters. The van der Waals surface area contributed by atoms with E-state index in [9.17, 15) is 8.42 Å². The number of nitrogens with one attached hydrogen (secondary N) is 1. The molecule has 0 aliphatic heterocycles. The molecule has 1 aromatic carbocycles. The molecule has 2 aromatic rings. The van der Waals surface area contributed by atoms with E-state index in [0.717, 1.165) is 5.69 Å². The van der Waals surface area contributed by atoms with Crippen LogP contribution < -0.4 is 9.46 Å². The lowest BCUT2D eigenvalue weighted by molar-refractivity contribution is 0.414. The molecule has 0 amide bonds. The summed E-state index contributed by atoms with van der Waals surface area (Å²) in [5, 5.41) is 0. The molecule has 0 saturated heterocycles. The number of sulfonamides is 1. The number of aromatic nitrogens is 2. The molecular formula is C14H17N3O3S.